The summed E-state index contributed by atoms with van der Waals surface area (Å²) in [4.78, 5) is 17.7. The average Bonchev–Trinajstić information content (AvgIpc) is 2.94. The number of carbonyl (C=O) groups is 1. The van der Waals surface area contributed by atoms with Crippen LogP contribution in [0.3, 0.4) is 0 Å². The summed E-state index contributed by atoms with van der Waals surface area (Å²) >= 11 is 0. The van der Waals surface area contributed by atoms with Gasteiger partial charge in [0.1, 0.15) is 0 Å². The van der Waals surface area contributed by atoms with Crippen LogP contribution in [0.25, 0.3) is 0 Å². The summed E-state index contributed by atoms with van der Waals surface area (Å²) in [6, 6.07) is 8.35. The van der Waals surface area contributed by atoms with Gasteiger partial charge in [-0.25, -0.2) is 0 Å². The fourth-order valence-corrected chi connectivity index (χ4v) is 2.43. The van der Waals surface area contributed by atoms with Crippen LogP contribution in [0.1, 0.15) is 24.0 Å². The van der Waals surface area contributed by atoms with Gasteiger partial charge < -0.3 is 15.5 Å². The fraction of sp³-hybridized carbons (Fsp3) is 0.412. The molecule has 22 heavy (non-hydrogen) atoms. The number of rotatable bonds is 6. The van der Waals surface area contributed by atoms with Crippen LogP contribution in [0.4, 0.5) is 0 Å². The third kappa shape index (κ3) is 4.62. The van der Waals surface area contributed by atoms with Crippen molar-refractivity contribution in [1.82, 2.24) is 15.5 Å². The van der Waals surface area contributed by atoms with Crippen molar-refractivity contribution < 1.29 is 4.79 Å². The number of likely N-dealkylation sites (tertiary alicyclic amines) is 1. The Morgan fingerprint density at radius 3 is 2.64 bits per heavy atom. The highest BCUT2D eigenvalue weighted by Crippen LogP contribution is 2.14. The van der Waals surface area contributed by atoms with E-state index >= 15 is 0 Å². The molecule has 1 aromatic rings. The molecular weight excluding hydrogens is 276 g/mol. The largest absolute Gasteiger partial charge is 0.353 e. The lowest BCUT2D eigenvalue weighted by Gasteiger charge is -2.16. The number of carbonyl (C=O) groups excluding carboxylic acids is 1. The Hall–Kier alpha value is -2.30. The van der Waals surface area contributed by atoms with E-state index in [4.69, 9.17) is 0 Å². The fourth-order valence-electron chi connectivity index (χ4n) is 2.43. The van der Waals surface area contributed by atoms with Crippen molar-refractivity contribution in [2.24, 2.45) is 4.99 Å². The Kier molecular flexibility index (Phi) is 6.01. The lowest BCUT2D eigenvalue weighted by molar-refractivity contribution is -0.128. The predicted octanol–water partition coefficient (Wildman–Crippen LogP) is 1.66. The molecule has 0 aliphatic carbocycles. The maximum Gasteiger partial charge on any atom is 0.222 e. The summed E-state index contributed by atoms with van der Waals surface area (Å²) in [5.41, 5.74) is 2.35. The Labute approximate surface area is 132 Å². The van der Waals surface area contributed by atoms with Crippen molar-refractivity contribution in [1.29, 1.82) is 0 Å². The summed E-state index contributed by atoms with van der Waals surface area (Å²) in [6.45, 7) is 6.66. The first-order chi connectivity index (χ1) is 10.7. The van der Waals surface area contributed by atoms with Crippen LogP contribution in [-0.2, 0) is 17.9 Å². The van der Waals surface area contributed by atoms with Gasteiger partial charge in [0.2, 0.25) is 5.91 Å². The van der Waals surface area contributed by atoms with E-state index in [2.05, 4.69) is 46.5 Å². The van der Waals surface area contributed by atoms with Crippen molar-refractivity contribution in [2.45, 2.75) is 25.9 Å². The van der Waals surface area contributed by atoms with E-state index in [9.17, 15) is 4.79 Å². The number of nitrogens with zero attached hydrogens (tertiary/aromatic N) is 2. The van der Waals surface area contributed by atoms with Gasteiger partial charge in [0, 0.05) is 39.6 Å². The number of nitrogens with one attached hydrogen (secondary N) is 2. The molecule has 0 saturated carbocycles. The lowest BCUT2D eigenvalue weighted by Crippen LogP contribution is -2.36. The van der Waals surface area contributed by atoms with Gasteiger partial charge in [0.25, 0.3) is 0 Å². The number of hydrogen-bond acceptors (Lipinski definition) is 2. The molecule has 0 spiro atoms. The molecule has 1 aliphatic rings. The smallest absolute Gasteiger partial charge is 0.222 e. The van der Waals surface area contributed by atoms with Crippen LogP contribution in [-0.4, -0.2) is 36.9 Å². The SMILES string of the molecule is C=CCNC(=NC)NCc1ccc(CN2CCCC2=O)cc1. The molecule has 1 heterocycles. The van der Waals surface area contributed by atoms with Gasteiger partial charge in [-0.15, -0.1) is 6.58 Å². The first-order valence-electron chi connectivity index (χ1n) is 7.64. The summed E-state index contributed by atoms with van der Waals surface area (Å²) in [5, 5.41) is 6.38. The van der Waals surface area contributed by atoms with E-state index in [-0.39, 0.29) is 5.91 Å². The maximum absolute atomic E-state index is 11.6. The molecule has 2 N–H and O–H groups in total. The van der Waals surface area contributed by atoms with Gasteiger partial charge in [-0.2, -0.15) is 0 Å². The van der Waals surface area contributed by atoms with E-state index in [0.29, 0.717) is 19.5 Å². The number of aliphatic imine (C=N–C) groups is 1. The van der Waals surface area contributed by atoms with Crippen LogP contribution in [0.2, 0.25) is 0 Å². The van der Waals surface area contributed by atoms with Crippen molar-refractivity contribution in [3.63, 3.8) is 0 Å². The quantitative estimate of drug-likeness (QED) is 0.477. The second-order valence-corrected chi connectivity index (χ2v) is 5.33. The van der Waals surface area contributed by atoms with Crippen LogP contribution < -0.4 is 10.6 Å². The third-order valence-corrected chi connectivity index (χ3v) is 3.67. The third-order valence-electron chi connectivity index (χ3n) is 3.67. The van der Waals surface area contributed by atoms with Crippen molar-refractivity contribution in [3.8, 4) is 0 Å². The lowest BCUT2D eigenvalue weighted by atomic mass is 10.1. The number of amides is 1. The van der Waals surface area contributed by atoms with E-state index < -0.39 is 0 Å². The molecule has 0 radical (unpaired) electrons. The molecular formula is C17H24N4O. The minimum Gasteiger partial charge on any atom is -0.353 e. The summed E-state index contributed by atoms with van der Waals surface area (Å²) < 4.78 is 0. The molecule has 1 aliphatic heterocycles. The molecule has 2 rings (SSSR count). The summed E-state index contributed by atoms with van der Waals surface area (Å²) in [6.07, 6.45) is 3.47. The number of hydrogen-bond donors (Lipinski definition) is 2. The second kappa shape index (κ2) is 8.22. The van der Waals surface area contributed by atoms with Crippen molar-refractivity contribution in [3.05, 3.63) is 48.0 Å². The topological polar surface area (TPSA) is 56.7 Å². The zero-order valence-corrected chi connectivity index (χ0v) is 13.1. The van der Waals surface area contributed by atoms with E-state index in [1.165, 1.54) is 11.1 Å². The van der Waals surface area contributed by atoms with Crippen LogP contribution in [0, 0.1) is 0 Å². The van der Waals surface area contributed by atoms with Crippen molar-refractivity contribution in [2.75, 3.05) is 20.1 Å². The highest BCUT2D eigenvalue weighted by molar-refractivity contribution is 5.79. The van der Waals surface area contributed by atoms with Gasteiger partial charge in [0.05, 0.1) is 0 Å². The Balaban J connectivity index is 1.83. The molecule has 1 fully saturated rings. The average molecular weight is 300 g/mol. The molecule has 5 heteroatoms. The van der Waals surface area contributed by atoms with E-state index in [1.807, 2.05) is 4.90 Å². The number of guanidine groups is 1. The zero-order chi connectivity index (χ0) is 15.8. The molecule has 5 nitrogen and oxygen atoms in total. The van der Waals surface area contributed by atoms with Gasteiger partial charge >= 0.3 is 0 Å². The minimum absolute atomic E-state index is 0.267. The summed E-state index contributed by atoms with van der Waals surface area (Å²) in [7, 11) is 1.74. The zero-order valence-electron chi connectivity index (χ0n) is 13.1. The number of benzene rings is 1. The first kappa shape index (κ1) is 16.1. The maximum atomic E-state index is 11.6. The minimum atomic E-state index is 0.267. The molecule has 0 bridgehead atoms. The first-order valence-corrected chi connectivity index (χ1v) is 7.64. The Morgan fingerprint density at radius 2 is 2.05 bits per heavy atom. The van der Waals surface area contributed by atoms with Gasteiger partial charge in [-0.1, -0.05) is 30.3 Å². The van der Waals surface area contributed by atoms with Crippen LogP contribution in [0.5, 0.6) is 0 Å². The Bertz CT molecular complexity index is 536. The highest BCUT2D eigenvalue weighted by Gasteiger charge is 2.19. The normalized spacial score (nSPS) is 15.0. The van der Waals surface area contributed by atoms with Gasteiger partial charge in [0.15, 0.2) is 5.96 Å². The van der Waals surface area contributed by atoms with E-state index in [0.717, 1.165) is 25.5 Å². The molecule has 1 saturated heterocycles. The summed E-state index contributed by atoms with van der Waals surface area (Å²) in [5.74, 6) is 1.02. The van der Waals surface area contributed by atoms with Gasteiger partial charge in [-0.05, 0) is 17.5 Å². The molecule has 1 amide bonds. The molecule has 0 unspecified atom stereocenters. The standard InChI is InChI=1S/C17H24N4O/c1-3-10-19-17(18-2)20-12-14-6-8-15(9-7-14)13-21-11-4-5-16(21)22/h3,6-9H,1,4-5,10-13H2,2H3,(H2,18,19,20). The van der Waals surface area contributed by atoms with Crippen LogP contribution >= 0.6 is 0 Å². The second-order valence-electron chi connectivity index (χ2n) is 5.33. The van der Waals surface area contributed by atoms with Gasteiger partial charge in [-0.3, -0.25) is 9.79 Å². The van der Waals surface area contributed by atoms with Crippen LogP contribution in [0.15, 0.2) is 41.9 Å². The predicted molar refractivity (Wildman–Crippen MR) is 89.5 cm³/mol. The monoisotopic (exact) mass is 300 g/mol. The van der Waals surface area contributed by atoms with Crippen molar-refractivity contribution >= 4 is 11.9 Å². The highest BCUT2D eigenvalue weighted by atomic mass is 16.2. The molecule has 1 aromatic carbocycles. The molecule has 0 aromatic heterocycles. The molecule has 0 atom stereocenters. The Morgan fingerprint density at radius 1 is 1.32 bits per heavy atom. The van der Waals surface area contributed by atoms with E-state index in [1.54, 1.807) is 13.1 Å². The molecule has 118 valence electrons.